The van der Waals surface area contributed by atoms with Crippen LogP contribution >= 0.6 is 27.5 Å². The molecule has 0 radical (unpaired) electrons. The fraction of sp³-hybridized carbons (Fsp3) is 0.409. The van der Waals surface area contributed by atoms with Crippen molar-refractivity contribution in [3.63, 3.8) is 0 Å². The first kappa shape index (κ1) is 27.2. The molecule has 0 spiro atoms. The molecule has 2 aromatic carbocycles. The lowest BCUT2D eigenvalue weighted by atomic mass is 9.97. The van der Waals surface area contributed by atoms with E-state index >= 15 is 0 Å². The molecule has 0 heterocycles. The van der Waals surface area contributed by atoms with Crippen LogP contribution in [0.5, 0.6) is 5.75 Å². The minimum Gasteiger partial charge on any atom is -0.598 e. The molecule has 11 heteroatoms. The number of nitriles is 1. The average Bonchev–Trinajstić information content (AvgIpc) is 2.74. The highest BCUT2D eigenvalue weighted by atomic mass is 79.9. The Labute approximate surface area is 210 Å². The number of hydrogen-bond acceptors (Lipinski definition) is 7. The molecular weight excluding hydrogens is 532 g/mol. The summed E-state index contributed by atoms with van der Waals surface area (Å²) in [5, 5.41) is 25.0. The maximum atomic E-state index is 12.6. The van der Waals surface area contributed by atoms with Gasteiger partial charge in [0.2, 0.25) is 0 Å². The van der Waals surface area contributed by atoms with Gasteiger partial charge in [-0.05, 0) is 45.4 Å². The zero-order valence-electron chi connectivity index (χ0n) is 18.9. The molecule has 8 nitrogen and oxygen atoms in total. The van der Waals surface area contributed by atoms with E-state index in [1.165, 1.54) is 25.3 Å². The van der Waals surface area contributed by atoms with Crippen molar-refractivity contribution in [2.24, 2.45) is 0 Å². The molecule has 0 aliphatic rings. The molecule has 0 aliphatic heterocycles. The molecule has 0 fully saturated rings. The molecule has 2 unspecified atom stereocenters. The molecule has 2 aromatic rings. The molecule has 2 rings (SSSR count). The molecule has 178 valence electrons. The van der Waals surface area contributed by atoms with Crippen LogP contribution in [0.15, 0.2) is 34.8 Å². The zero-order chi connectivity index (χ0) is 24.9. The van der Waals surface area contributed by atoms with Crippen molar-refractivity contribution in [1.82, 2.24) is 4.72 Å². The third kappa shape index (κ3) is 6.98. The molecular formula is C22H26BrClN4O4S. The first-order valence-electron chi connectivity index (χ1n) is 10.00. The Hall–Kier alpha value is -2.03. The summed E-state index contributed by atoms with van der Waals surface area (Å²) in [6.45, 7) is 7.29. The minimum atomic E-state index is -1.49. The summed E-state index contributed by atoms with van der Waals surface area (Å²) in [4.78, 5) is 11.1. The van der Waals surface area contributed by atoms with E-state index in [9.17, 15) is 19.9 Å². The number of anilines is 1. The number of hydrogen-bond donors (Lipinski definition) is 2. The van der Waals surface area contributed by atoms with E-state index in [-0.39, 0.29) is 17.8 Å². The molecule has 0 aromatic heterocycles. The number of benzene rings is 2. The van der Waals surface area contributed by atoms with E-state index in [1.54, 1.807) is 26.8 Å². The van der Waals surface area contributed by atoms with Crippen molar-refractivity contribution in [1.29, 1.82) is 5.26 Å². The quantitative estimate of drug-likeness (QED) is 0.226. The Balaban J connectivity index is 2.55. The van der Waals surface area contributed by atoms with Crippen LogP contribution in [0.4, 0.5) is 11.4 Å². The average molecular weight is 558 g/mol. The summed E-state index contributed by atoms with van der Waals surface area (Å²) >= 11 is 8.61. The van der Waals surface area contributed by atoms with Gasteiger partial charge in [-0.25, -0.2) is 0 Å². The molecule has 3 atom stereocenters. The topological polar surface area (TPSA) is 123 Å². The Morgan fingerprint density at radius 2 is 2.00 bits per heavy atom. The highest BCUT2D eigenvalue weighted by Crippen LogP contribution is 2.39. The lowest BCUT2D eigenvalue weighted by Gasteiger charge is -2.29. The van der Waals surface area contributed by atoms with E-state index in [1.807, 2.05) is 13.0 Å². The smallest absolute Gasteiger partial charge is 0.292 e. The predicted molar refractivity (Wildman–Crippen MR) is 135 cm³/mol. The lowest BCUT2D eigenvalue weighted by Crippen LogP contribution is -2.45. The Bertz CT molecular complexity index is 1060. The second-order valence-corrected chi connectivity index (χ2v) is 11.5. The fourth-order valence-corrected chi connectivity index (χ4v) is 4.81. The van der Waals surface area contributed by atoms with Crippen molar-refractivity contribution in [3.8, 4) is 11.8 Å². The van der Waals surface area contributed by atoms with E-state index in [4.69, 9.17) is 16.3 Å². The number of aryl methyl sites for hydroxylation is 1. The molecule has 33 heavy (non-hydrogen) atoms. The van der Waals surface area contributed by atoms with Gasteiger partial charge < -0.3 is 14.6 Å². The van der Waals surface area contributed by atoms with Crippen molar-refractivity contribution in [2.45, 2.75) is 50.9 Å². The van der Waals surface area contributed by atoms with Gasteiger partial charge in [0.15, 0.2) is 0 Å². The molecule has 0 bridgehead atoms. The van der Waals surface area contributed by atoms with Gasteiger partial charge in [0.05, 0.1) is 24.1 Å². The molecule has 0 amide bonds. The number of nitro groups is 1. The summed E-state index contributed by atoms with van der Waals surface area (Å²) in [7, 11) is 1.47. The highest BCUT2D eigenvalue weighted by Gasteiger charge is 2.32. The van der Waals surface area contributed by atoms with Crippen LogP contribution in [0.25, 0.3) is 0 Å². The van der Waals surface area contributed by atoms with Gasteiger partial charge in [-0.1, -0.05) is 33.6 Å². The molecule has 2 N–H and O–H groups in total. The maximum absolute atomic E-state index is 12.6. The number of ether oxygens (including phenoxy) is 1. The summed E-state index contributed by atoms with van der Waals surface area (Å²) in [5.41, 5.74) is 1.60. The van der Waals surface area contributed by atoms with Gasteiger partial charge in [0, 0.05) is 45.0 Å². The van der Waals surface area contributed by atoms with Gasteiger partial charge in [0.25, 0.3) is 5.69 Å². The zero-order valence-corrected chi connectivity index (χ0v) is 22.1. The number of nitro benzene ring substituents is 1. The summed E-state index contributed by atoms with van der Waals surface area (Å²) in [6.07, 6.45) is 0.133. The van der Waals surface area contributed by atoms with Crippen molar-refractivity contribution in [2.75, 3.05) is 12.4 Å². The number of methoxy groups -OCH3 is 1. The second kappa shape index (κ2) is 11.4. The van der Waals surface area contributed by atoms with Gasteiger partial charge in [-0.15, -0.1) is 4.72 Å². The third-order valence-electron chi connectivity index (χ3n) is 4.83. The van der Waals surface area contributed by atoms with Crippen LogP contribution in [-0.4, -0.2) is 27.4 Å². The first-order chi connectivity index (χ1) is 15.4. The second-order valence-electron chi connectivity index (χ2n) is 8.35. The van der Waals surface area contributed by atoms with Crippen molar-refractivity contribution < 1.29 is 14.2 Å². The lowest BCUT2D eigenvalue weighted by molar-refractivity contribution is -0.384. The summed E-state index contributed by atoms with van der Waals surface area (Å²) in [5.74, 6) is 0.431. The Morgan fingerprint density at radius 3 is 2.55 bits per heavy atom. The van der Waals surface area contributed by atoms with Crippen molar-refractivity contribution >= 4 is 50.3 Å². The molecule has 0 aliphatic carbocycles. The van der Waals surface area contributed by atoms with Gasteiger partial charge in [-0.2, -0.15) is 5.26 Å². The number of nitrogens with one attached hydrogen (secondary N) is 2. The predicted octanol–water partition coefficient (Wildman–Crippen LogP) is 5.82. The van der Waals surface area contributed by atoms with Gasteiger partial charge >= 0.3 is 0 Å². The summed E-state index contributed by atoms with van der Waals surface area (Å²) < 4.78 is 20.8. The van der Waals surface area contributed by atoms with E-state index in [0.29, 0.717) is 20.8 Å². The standard InChI is InChI=1S/C22H26BrClN4O4S/c1-13-6-8-16(24)20(21(13)23)18(10-14(12-25)27-33(31)22(2,3)4)26-17-11-15(32-5)7-9-19(17)28(29)30/h6-9,11,14,18,26-27H,10H2,1-5H3/t14?,18-,33?/m1/s1. The monoisotopic (exact) mass is 556 g/mol. The van der Waals surface area contributed by atoms with Crippen LogP contribution in [-0.2, 0) is 11.4 Å². The van der Waals surface area contributed by atoms with Gasteiger partial charge in [-0.3, -0.25) is 10.1 Å². The van der Waals surface area contributed by atoms with Gasteiger partial charge in [0.1, 0.15) is 22.2 Å². The Kier molecular flexibility index (Phi) is 9.40. The third-order valence-corrected chi connectivity index (χ3v) is 7.82. The first-order valence-corrected chi connectivity index (χ1v) is 12.3. The van der Waals surface area contributed by atoms with Crippen molar-refractivity contribution in [3.05, 3.63) is 61.1 Å². The maximum Gasteiger partial charge on any atom is 0.292 e. The number of rotatable bonds is 9. The largest absolute Gasteiger partial charge is 0.598 e. The minimum absolute atomic E-state index is 0.133. The number of halogens is 2. The highest BCUT2D eigenvalue weighted by molar-refractivity contribution is 9.10. The normalized spacial score (nSPS) is 14.2. The SMILES string of the molecule is COc1ccc([N+](=O)[O-])c(N[C@H](CC(C#N)N[S+]([O-])C(C)(C)C)c2c(Cl)ccc(C)c2Br)c1. The van der Waals surface area contributed by atoms with Crippen LogP contribution in [0.1, 0.15) is 44.4 Å². The van der Waals surface area contributed by atoms with Crippen LogP contribution in [0.2, 0.25) is 5.02 Å². The van der Waals surface area contributed by atoms with E-state index in [2.05, 4.69) is 32.0 Å². The van der Waals surface area contributed by atoms with Crippen LogP contribution < -0.4 is 14.8 Å². The molecule has 0 saturated heterocycles. The fourth-order valence-electron chi connectivity index (χ4n) is 3.02. The van der Waals surface area contributed by atoms with Crippen LogP contribution in [0.3, 0.4) is 0 Å². The van der Waals surface area contributed by atoms with Crippen LogP contribution in [0, 0.1) is 28.4 Å². The Morgan fingerprint density at radius 1 is 1.33 bits per heavy atom. The van der Waals surface area contributed by atoms with E-state index < -0.39 is 33.1 Å². The van der Waals surface area contributed by atoms with E-state index in [0.717, 1.165) is 5.56 Å². The summed E-state index contributed by atoms with van der Waals surface area (Å²) in [6, 6.07) is 8.63. The number of nitrogens with zero attached hydrogens (tertiary/aromatic N) is 2. The molecule has 0 saturated carbocycles.